The van der Waals surface area contributed by atoms with E-state index in [0.29, 0.717) is 0 Å². The number of aromatic nitrogens is 2. The maximum Gasteiger partial charge on any atom is 0.110 e. The number of hydrogen-bond acceptors (Lipinski definition) is 3. The van der Waals surface area contributed by atoms with Crippen LogP contribution in [0.25, 0.3) is 0 Å². The molecule has 0 spiro atoms. The molecule has 16 heavy (non-hydrogen) atoms. The van der Waals surface area contributed by atoms with Gasteiger partial charge < -0.3 is 15.0 Å². The highest BCUT2D eigenvalue weighted by Crippen LogP contribution is 2.09. The summed E-state index contributed by atoms with van der Waals surface area (Å²) in [5, 5.41) is 0. The SMILES string of the molecule is CCCC(OC)C(N)Cc1nccn1CC. The maximum absolute atomic E-state index is 6.15. The van der Waals surface area contributed by atoms with E-state index >= 15 is 0 Å². The van der Waals surface area contributed by atoms with Crippen LogP contribution in [-0.2, 0) is 17.7 Å². The Bertz CT molecular complexity index is 298. The summed E-state index contributed by atoms with van der Waals surface area (Å²) < 4.78 is 7.54. The third-order valence-electron chi connectivity index (χ3n) is 2.91. The van der Waals surface area contributed by atoms with Crippen molar-refractivity contribution < 1.29 is 4.74 Å². The number of hydrogen-bond donors (Lipinski definition) is 1. The number of methoxy groups -OCH3 is 1. The van der Waals surface area contributed by atoms with Gasteiger partial charge in [0.05, 0.1) is 6.10 Å². The molecule has 1 heterocycles. The minimum Gasteiger partial charge on any atom is -0.380 e. The molecule has 92 valence electrons. The molecule has 1 aromatic heterocycles. The molecule has 0 amide bonds. The van der Waals surface area contributed by atoms with E-state index in [9.17, 15) is 0 Å². The van der Waals surface area contributed by atoms with Gasteiger partial charge in [-0.1, -0.05) is 13.3 Å². The molecule has 0 saturated carbocycles. The number of rotatable bonds is 7. The molecule has 4 heteroatoms. The number of ether oxygens (including phenoxy) is 1. The number of aryl methyl sites for hydroxylation is 1. The van der Waals surface area contributed by atoms with Crippen LogP contribution in [0.1, 0.15) is 32.5 Å². The van der Waals surface area contributed by atoms with Gasteiger partial charge in [0.2, 0.25) is 0 Å². The molecule has 0 fully saturated rings. The van der Waals surface area contributed by atoms with Crippen LogP contribution in [-0.4, -0.2) is 28.8 Å². The summed E-state index contributed by atoms with van der Waals surface area (Å²) in [6, 6.07) is 0.0256. The van der Waals surface area contributed by atoms with Crippen LogP contribution in [0.4, 0.5) is 0 Å². The lowest BCUT2D eigenvalue weighted by Gasteiger charge is -2.22. The van der Waals surface area contributed by atoms with E-state index in [-0.39, 0.29) is 12.1 Å². The molecule has 1 aromatic rings. The fraction of sp³-hybridized carbons (Fsp3) is 0.750. The second kappa shape index (κ2) is 6.66. The van der Waals surface area contributed by atoms with Crippen LogP contribution in [0.2, 0.25) is 0 Å². The van der Waals surface area contributed by atoms with Gasteiger partial charge in [-0.3, -0.25) is 0 Å². The molecule has 0 radical (unpaired) electrons. The summed E-state index contributed by atoms with van der Waals surface area (Å²) in [5.74, 6) is 1.05. The Balaban J connectivity index is 2.58. The molecule has 2 N–H and O–H groups in total. The molecule has 4 nitrogen and oxygen atoms in total. The van der Waals surface area contributed by atoms with Crippen LogP contribution in [0.5, 0.6) is 0 Å². The second-order valence-corrected chi connectivity index (χ2v) is 4.06. The molecule has 0 aliphatic rings. The predicted octanol–water partition coefficient (Wildman–Crippen LogP) is 1.59. The fourth-order valence-corrected chi connectivity index (χ4v) is 1.95. The summed E-state index contributed by atoms with van der Waals surface area (Å²) in [5.41, 5.74) is 6.15. The van der Waals surface area contributed by atoms with Gasteiger partial charge in [0, 0.05) is 38.5 Å². The van der Waals surface area contributed by atoms with E-state index in [1.807, 2.05) is 12.4 Å². The fourth-order valence-electron chi connectivity index (χ4n) is 1.95. The second-order valence-electron chi connectivity index (χ2n) is 4.06. The molecule has 0 saturated heterocycles. The Morgan fingerprint density at radius 2 is 2.25 bits per heavy atom. The zero-order chi connectivity index (χ0) is 12.0. The van der Waals surface area contributed by atoms with Gasteiger partial charge >= 0.3 is 0 Å². The first-order valence-electron chi connectivity index (χ1n) is 6.01. The third kappa shape index (κ3) is 3.32. The summed E-state index contributed by atoms with van der Waals surface area (Å²) in [7, 11) is 1.73. The van der Waals surface area contributed by atoms with Crippen molar-refractivity contribution in [1.82, 2.24) is 9.55 Å². The topological polar surface area (TPSA) is 53.1 Å². The van der Waals surface area contributed by atoms with Crippen molar-refractivity contribution in [2.45, 2.75) is 51.8 Å². The zero-order valence-electron chi connectivity index (χ0n) is 10.5. The normalized spacial score (nSPS) is 15.0. The molecular formula is C12H23N3O. The van der Waals surface area contributed by atoms with Gasteiger partial charge in [-0.15, -0.1) is 0 Å². The Labute approximate surface area is 97.8 Å². The minimum absolute atomic E-state index is 0.0256. The monoisotopic (exact) mass is 225 g/mol. The van der Waals surface area contributed by atoms with Crippen molar-refractivity contribution in [3.63, 3.8) is 0 Å². The van der Waals surface area contributed by atoms with Crippen molar-refractivity contribution in [2.24, 2.45) is 5.73 Å². The molecule has 0 aliphatic carbocycles. The Kier molecular flexibility index (Phi) is 5.49. The van der Waals surface area contributed by atoms with Crippen LogP contribution in [0.15, 0.2) is 12.4 Å². The first-order chi connectivity index (χ1) is 7.72. The number of nitrogens with zero attached hydrogens (tertiary/aromatic N) is 2. The minimum atomic E-state index is 0.0256. The molecule has 0 bridgehead atoms. The highest BCUT2D eigenvalue weighted by atomic mass is 16.5. The Morgan fingerprint density at radius 1 is 1.50 bits per heavy atom. The molecule has 2 atom stereocenters. The van der Waals surface area contributed by atoms with Gasteiger partial charge in [-0.25, -0.2) is 4.98 Å². The van der Waals surface area contributed by atoms with E-state index in [0.717, 1.165) is 31.6 Å². The van der Waals surface area contributed by atoms with E-state index in [1.165, 1.54) is 0 Å². The smallest absolute Gasteiger partial charge is 0.110 e. The van der Waals surface area contributed by atoms with E-state index in [2.05, 4.69) is 23.4 Å². The van der Waals surface area contributed by atoms with Gasteiger partial charge in [-0.05, 0) is 13.3 Å². The lowest BCUT2D eigenvalue weighted by molar-refractivity contribution is 0.0719. The molecule has 0 aliphatic heterocycles. The van der Waals surface area contributed by atoms with Crippen LogP contribution < -0.4 is 5.73 Å². The Morgan fingerprint density at radius 3 is 2.81 bits per heavy atom. The standard InChI is InChI=1S/C12H23N3O/c1-4-6-11(16-3)10(13)9-12-14-7-8-15(12)5-2/h7-8,10-11H,4-6,9,13H2,1-3H3. The molecule has 0 aromatic carbocycles. The van der Waals surface area contributed by atoms with Gasteiger partial charge in [0.25, 0.3) is 0 Å². The average Bonchev–Trinajstić information content (AvgIpc) is 2.72. The summed E-state index contributed by atoms with van der Waals surface area (Å²) in [4.78, 5) is 4.33. The summed E-state index contributed by atoms with van der Waals surface area (Å²) >= 11 is 0. The van der Waals surface area contributed by atoms with Crippen LogP contribution in [0, 0.1) is 0 Å². The lowest BCUT2D eigenvalue weighted by atomic mass is 10.0. The van der Waals surface area contributed by atoms with Gasteiger partial charge in [0.15, 0.2) is 0 Å². The first kappa shape index (κ1) is 13.2. The summed E-state index contributed by atoms with van der Waals surface area (Å²) in [6.45, 7) is 5.19. The van der Waals surface area contributed by atoms with E-state index < -0.39 is 0 Å². The highest BCUT2D eigenvalue weighted by Gasteiger charge is 2.18. The van der Waals surface area contributed by atoms with Crippen molar-refractivity contribution in [2.75, 3.05) is 7.11 Å². The molecule has 1 rings (SSSR count). The van der Waals surface area contributed by atoms with E-state index in [4.69, 9.17) is 10.5 Å². The third-order valence-corrected chi connectivity index (χ3v) is 2.91. The maximum atomic E-state index is 6.15. The number of nitrogens with two attached hydrogens (primary N) is 1. The zero-order valence-corrected chi connectivity index (χ0v) is 10.5. The quantitative estimate of drug-likeness (QED) is 0.766. The molecular weight excluding hydrogens is 202 g/mol. The molecule has 2 unspecified atom stereocenters. The average molecular weight is 225 g/mol. The van der Waals surface area contributed by atoms with Crippen molar-refractivity contribution in [1.29, 1.82) is 0 Å². The van der Waals surface area contributed by atoms with Crippen molar-refractivity contribution in [3.8, 4) is 0 Å². The van der Waals surface area contributed by atoms with Gasteiger partial charge in [0.1, 0.15) is 5.82 Å². The largest absolute Gasteiger partial charge is 0.380 e. The number of imidazole rings is 1. The van der Waals surface area contributed by atoms with Crippen molar-refractivity contribution >= 4 is 0 Å². The predicted molar refractivity (Wildman–Crippen MR) is 65.3 cm³/mol. The van der Waals surface area contributed by atoms with E-state index in [1.54, 1.807) is 7.11 Å². The highest BCUT2D eigenvalue weighted by molar-refractivity contribution is 4.96. The van der Waals surface area contributed by atoms with Gasteiger partial charge in [-0.2, -0.15) is 0 Å². The summed E-state index contributed by atoms with van der Waals surface area (Å²) in [6.07, 6.45) is 6.82. The van der Waals surface area contributed by atoms with Crippen LogP contribution in [0.3, 0.4) is 0 Å². The van der Waals surface area contributed by atoms with Crippen molar-refractivity contribution in [3.05, 3.63) is 18.2 Å². The van der Waals surface area contributed by atoms with Crippen LogP contribution >= 0.6 is 0 Å². The first-order valence-corrected chi connectivity index (χ1v) is 6.01. The Hall–Kier alpha value is -0.870. The lowest BCUT2D eigenvalue weighted by Crippen LogP contribution is -2.38.